The molecule has 1 fully saturated rings. The molecule has 2 atom stereocenters. The van der Waals surface area contributed by atoms with Crippen LogP contribution in [-0.2, 0) is 16.6 Å². The average Bonchev–Trinajstić information content (AvgIpc) is 2.93. The first-order valence-corrected chi connectivity index (χ1v) is 9.60. The third kappa shape index (κ3) is 3.91. The van der Waals surface area contributed by atoms with E-state index in [4.69, 9.17) is 4.74 Å². The molecule has 0 bridgehead atoms. The zero-order valence-corrected chi connectivity index (χ0v) is 13.8. The summed E-state index contributed by atoms with van der Waals surface area (Å²) in [5.41, 5.74) is 0.466. The van der Waals surface area contributed by atoms with Gasteiger partial charge in [-0.15, -0.1) is 0 Å². The fourth-order valence-electron chi connectivity index (χ4n) is 2.59. The smallest absolute Gasteiger partial charge is 0.240 e. The van der Waals surface area contributed by atoms with Crippen molar-refractivity contribution in [2.45, 2.75) is 42.1 Å². The molecule has 7 heteroatoms. The summed E-state index contributed by atoms with van der Waals surface area (Å²) in [6, 6.07) is 4.52. The third-order valence-corrected chi connectivity index (χ3v) is 6.39. The van der Waals surface area contributed by atoms with Crippen molar-refractivity contribution in [1.29, 1.82) is 0 Å². The quantitative estimate of drug-likeness (QED) is 0.830. The zero-order chi connectivity index (χ0) is 15.5. The number of rotatable bonds is 6. The van der Waals surface area contributed by atoms with E-state index in [1.54, 1.807) is 17.8 Å². The molecule has 0 heterocycles. The maximum absolute atomic E-state index is 12.4. The van der Waals surface area contributed by atoms with Crippen LogP contribution in [0.5, 0.6) is 5.75 Å². The molecule has 2 N–H and O–H groups in total. The summed E-state index contributed by atoms with van der Waals surface area (Å²) in [5, 5.41) is 9.82. The molecule has 0 radical (unpaired) electrons. The number of ether oxygens (including phenoxy) is 1. The summed E-state index contributed by atoms with van der Waals surface area (Å²) in [4.78, 5) is 0.167. The Balaban J connectivity index is 2.16. The van der Waals surface area contributed by atoms with Gasteiger partial charge in [-0.2, -0.15) is 11.8 Å². The molecule has 21 heavy (non-hydrogen) atoms. The van der Waals surface area contributed by atoms with E-state index in [9.17, 15) is 13.5 Å². The number of aliphatic hydroxyl groups excluding tert-OH is 1. The first-order valence-electron chi connectivity index (χ1n) is 6.83. The van der Waals surface area contributed by atoms with Crippen LogP contribution in [0.3, 0.4) is 0 Å². The highest BCUT2D eigenvalue weighted by Gasteiger charge is 2.28. The summed E-state index contributed by atoms with van der Waals surface area (Å²) in [6.45, 7) is -0.259. The van der Waals surface area contributed by atoms with E-state index in [-0.39, 0.29) is 17.5 Å². The van der Waals surface area contributed by atoms with Crippen molar-refractivity contribution in [3.8, 4) is 5.75 Å². The van der Waals surface area contributed by atoms with Gasteiger partial charge in [0.15, 0.2) is 0 Å². The predicted octanol–water partition coefficient (Wildman–Crippen LogP) is 1.75. The molecule has 0 spiro atoms. The molecule has 0 aromatic heterocycles. The molecule has 5 nitrogen and oxygen atoms in total. The van der Waals surface area contributed by atoms with Gasteiger partial charge in [0, 0.05) is 16.9 Å². The number of hydrogen-bond acceptors (Lipinski definition) is 5. The second-order valence-corrected chi connectivity index (χ2v) is 7.97. The zero-order valence-electron chi connectivity index (χ0n) is 12.2. The van der Waals surface area contributed by atoms with E-state index in [1.807, 2.05) is 0 Å². The van der Waals surface area contributed by atoms with Crippen LogP contribution in [0.2, 0.25) is 0 Å². The minimum absolute atomic E-state index is 0.00729. The highest BCUT2D eigenvalue weighted by atomic mass is 32.2. The molecular weight excluding hydrogens is 310 g/mol. The largest absolute Gasteiger partial charge is 0.496 e. The normalized spacial score (nSPS) is 22.4. The summed E-state index contributed by atoms with van der Waals surface area (Å²) < 4.78 is 32.7. The van der Waals surface area contributed by atoms with Gasteiger partial charge in [0.1, 0.15) is 5.75 Å². The van der Waals surface area contributed by atoms with Gasteiger partial charge in [-0.25, -0.2) is 13.1 Å². The lowest BCUT2D eigenvalue weighted by Gasteiger charge is -2.14. The van der Waals surface area contributed by atoms with Crippen molar-refractivity contribution in [2.24, 2.45) is 0 Å². The Morgan fingerprint density at radius 2 is 2.19 bits per heavy atom. The molecular formula is C14H21NO4S2. The monoisotopic (exact) mass is 331 g/mol. The maximum atomic E-state index is 12.4. The second-order valence-electron chi connectivity index (χ2n) is 5.12. The van der Waals surface area contributed by atoms with Gasteiger partial charge in [-0.1, -0.05) is 0 Å². The van der Waals surface area contributed by atoms with Gasteiger partial charge in [-0.05, 0) is 43.7 Å². The minimum Gasteiger partial charge on any atom is -0.496 e. The number of hydrogen-bond donors (Lipinski definition) is 2. The number of benzene rings is 1. The van der Waals surface area contributed by atoms with Crippen molar-refractivity contribution >= 4 is 21.8 Å². The van der Waals surface area contributed by atoms with Crippen LogP contribution < -0.4 is 9.46 Å². The fraction of sp³-hybridized carbons (Fsp3) is 0.571. The topological polar surface area (TPSA) is 75.6 Å². The van der Waals surface area contributed by atoms with Gasteiger partial charge in [0.05, 0.1) is 18.6 Å². The van der Waals surface area contributed by atoms with Crippen LogP contribution in [0.15, 0.2) is 23.1 Å². The van der Waals surface area contributed by atoms with Crippen molar-refractivity contribution in [3.05, 3.63) is 23.8 Å². The minimum atomic E-state index is -3.56. The molecule has 2 unspecified atom stereocenters. The number of methoxy groups -OCH3 is 1. The van der Waals surface area contributed by atoms with E-state index in [2.05, 4.69) is 11.0 Å². The van der Waals surface area contributed by atoms with E-state index >= 15 is 0 Å². The number of thioether (sulfide) groups is 1. The van der Waals surface area contributed by atoms with E-state index < -0.39 is 10.0 Å². The van der Waals surface area contributed by atoms with E-state index in [1.165, 1.54) is 19.2 Å². The maximum Gasteiger partial charge on any atom is 0.240 e. The summed E-state index contributed by atoms with van der Waals surface area (Å²) in [7, 11) is -2.07. The Morgan fingerprint density at radius 3 is 2.76 bits per heavy atom. The number of sulfonamides is 1. The molecule has 2 rings (SSSR count). The lowest BCUT2D eigenvalue weighted by Crippen LogP contribution is -2.33. The van der Waals surface area contributed by atoms with Crippen molar-refractivity contribution in [3.63, 3.8) is 0 Å². The molecule has 1 aromatic carbocycles. The van der Waals surface area contributed by atoms with E-state index in [0.717, 1.165) is 19.3 Å². The summed E-state index contributed by atoms with van der Waals surface area (Å²) in [5.74, 6) is 0.486. The molecule has 1 saturated carbocycles. The van der Waals surface area contributed by atoms with Crippen LogP contribution in [0.1, 0.15) is 24.8 Å². The molecule has 0 amide bonds. The molecule has 1 aromatic rings. The van der Waals surface area contributed by atoms with Gasteiger partial charge in [-0.3, -0.25) is 0 Å². The standard InChI is InChI=1S/C14H21NO4S2/c1-19-14-6-5-13(7-10(14)9-16)21(17,18)15-11-3-4-12(8-11)20-2/h5-7,11-12,15-16H,3-4,8-9H2,1-2H3. The predicted molar refractivity (Wildman–Crippen MR) is 84.2 cm³/mol. The van der Waals surface area contributed by atoms with Crippen molar-refractivity contribution < 1.29 is 18.3 Å². The molecule has 118 valence electrons. The van der Waals surface area contributed by atoms with Gasteiger partial charge >= 0.3 is 0 Å². The van der Waals surface area contributed by atoms with Crippen LogP contribution in [0.4, 0.5) is 0 Å². The van der Waals surface area contributed by atoms with E-state index in [0.29, 0.717) is 16.6 Å². The van der Waals surface area contributed by atoms with Crippen molar-refractivity contribution in [2.75, 3.05) is 13.4 Å². The van der Waals surface area contributed by atoms with Crippen LogP contribution >= 0.6 is 11.8 Å². The Morgan fingerprint density at radius 1 is 1.43 bits per heavy atom. The SMILES string of the molecule is COc1ccc(S(=O)(=O)NC2CCC(SC)C2)cc1CO. The highest BCUT2D eigenvalue weighted by molar-refractivity contribution is 7.99. The first-order chi connectivity index (χ1) is 10.00. The molecule has 1 aliphatic rings. The lowest BCUT2D eigenvalue weighted by atomic mass is 10.2. The van der Waals surface area contributed by atoms with Crippen LogP contribution in [0, 0.1) is 0 Å². The number of aliphatic hydroxyl groups is 1. The highest BCUT2D eigenvalue weighted by Crippen LogP contribution is 2.29. The lowest BCUT2D eigenvalue weighted by molar-refractivity contribution is 0.273. The van der Waals surface area contributed by atoms with Gasteiger partial charge in [0.2, 0.25) is 10.0 Å². The van der Waals surface area contributed by atoms with Gasteiger partial charge in [0.25, 0.3) is 0 Å². The second kappa shape index (κ2) is 7.00. The molecule has 1 aliphatic carbocycles. The van der Waals surface area contributed by atoms with Crippen LogP contribution in [-0.4, -0.2) is 38.2 Å². The van der Waals surface area contributed by atoms with Crippen LogP contribution in [0.25, 0.3) is 0 Å². The molecule has 0 saturated heterocycles. The number of nitrogens with one attached hydrogen (secondary N) is 1. The summed E-state index contributed by atoms with van der Waals surface area (Å²) >= 11 is 1.78. The Bertz CT molecular complexity index is 589. The summed E-state index contributed by atoms with van der Waals surface area (Å²) in [6.07, 6.45) is 4.83. The molecule has 0 aliphatic heterocycles. The third-order valence-electron chi connectivity index (χ3n) is 3.77. The fourth-order valence-corrected chi connectivity index (χ4v) is 4.72. The average molecular weight is 331 g/mol. The van der Waals surface area contributed by atoms with Crippen molar-refractivity contribution in [1.82, 2.24) is 4.72 Å². The van der Waals surface area contributed by atoms with Gasteiger partial charge < -0.3 is 9.84 Å². The Hall–Kier alpha value is -0.760. The Labute approximate surface area is 130 Å². The first kappa shape index (κ1) is 16.6. The Kier molecular flexibility index (Phi) is 5.54.